The molecule has 208 valence electrons. The Bertz CT molecular complexity index is 2440. The van der Waals surface area contributed by atoms with Gasteiger partial charge in [-0.05, 0) is 69.1 Å². The fourth-order valence-corrected chi connectivity index (χ4v) is 7.83. The van der Waals surface area contributed by atoms with Gasteiger partial charge in [0.05, 0.1) is 16.7 Å². The Balaban J connectivity index is 1.20. The van der Waals surface area contributed by atoms with Gasteiger partial charge in [-0.15, -0.1) is 0 Å². The largest absolute Gasteiger partial charge is 0.458 e. The number of rotatable bonds is 2. The van der Waals surface area contributed by atoms with Crippen molar-refractivity contribution in [2.45, 2.75) is 0 Å². The molecule has 0 atom stereocenters. The molecule has 0 radical (unpaired) electrons. The molecule has 0 bridgehead atoms. The van der Waals surface area contributed by atoms with E-state index in [2.05, 4.69) is 162 Å². The molecule has 2 nitrogen and oxygen atoms in total. The highest BCUT2D eigenvalue weighted by molar-refractivity contribution is 6.98. The quantitative estimate of drug-likeness (QED) is 0.189. The van der Waals surface area contributed by atoms with Crippen LogP contribution in [0.4, 0.5) is 0 Å². The molecule has 2 aliphatic heterocycles. The van der Waals surface area contributed by atoms with Crippen LogP contribution in [0.2, 0.25) is 0 Å². The van der Waals surface area contributed by atoms with E-state index in [1.165, 1.54) is 66.0 Å². The summed E-state index contributed by atoms with van der Waals surface area (Å²) in [5.74, 6) is 1.85. The van der Waals surface area contributed by atoms with Gasteiger partial charge in [0.1, 0.15) is 11.5 Å². The number of fused-ring (bicyclic) bond motifs is 10. The van der Waals surface area contributed by atoms with Crippen LogP contribution in [0, 0.1) is 0 Å². The molecule has 2 aliphatic rings. The summed E-state index contributed by atoms with van der Waals surface area (Å²) in [6, 6.07) is 57.1. The summed E-state index contributed by atoms with van der Waals surface area (Å²) < 4.78 is 9.24. The highest BCUT2D eigenvalue weighted by Gasteiger charge is 2.38. The number of hydrogen-bond donors (Lipinski definition) is 0. The Kier molecular flexibility index (Phi) is 5.12. The first kappa shape index (κ1) is 24.6. The standard InChI is InChI=1S/C42H26BNO/c1-2-14-30-29(13-1)31-15-3-7-19-35(31)43-36-25-24-27(26-41(36)45-40-23-11-18-34(30)42(40)43)28-12-4-8-20-37(28)44-38-21-9-5-16-32(38)33-17-6-10-22-39(33)44/h1-26H. The Hall–Kier alpha value is -5.80. The van der Waals surface area contributed by atoms with Crippen LogP contribution >= 0.6 is 0 Å². The van der Waals surface area contributed by atoms with Gasteiger partial charge < -0.3 is 9.30 Å². The molecule has 8 aromatic rings. The van der Waals surface area contributed by atoms with Gasteiger partial charge in [-0.25, -0.2) is 0 Å². The first-order chi connectivity index (χ1) is 22.3. The van der Waals surface area contributed by atoms with Crippen LogP contribution in [0.5, 0.6) is 11.5 Å². The zero-order chi connectivity index (χ0) is 29.5. The minimum absolute atomic E-state index is 0.0742. The van der Waals surface area contributed by atoms with Crippen LogP contribution in [0.15, 0.2) is 158 Å². The third-order valence-corrected chi connectivity index (χ3v) is 9.71. The highest BCUT2D eigenvalue weighted by atomic mass is 16.5. The average Bonchev–Trinajstić information content (AvgIpc) is 3.38. The lowest BCUT2D eigenvalue weighted by atomic mass is 9.35. The number of hydrogen-bond acceptors (Lipinski definition) is 1. The summed E-state index contributed by atoms with van der Waals surface area (Å²) in [4.78, 5) is 0. The molecule has 0 saturated heterocycles. The van der Waals surface area contributed by atoms with Gasteiger partial charge in [0, 0.05) is 16.3 Å². The minimum Gasteiger partial charge on any atom is -0.458 e. The lowest BCUT2D eigenvalue weighted by molar-refractivity contribution is 0.488. The number of nitrogens with zero attached hydrogens (tertiary/aromatic N) is 1. The molecule has 10 rings (SSSR count). The molecule has 3 heterocycles. The van der Waals surface area contributed by atoms with Crippen LogP contribution in [-0.4, -0.2) is 11.3 Å². The summed E-state index contributed by atoms with van der Waals surface area (Å²) in [5.41, 5.74) is 14.7. The van der Waals surface area contributed by atoms with Gasteiger partial charge >= 0.3 is 0 Å². The Morgan fingerprint density at radius 1 is 0.422 bits per heavy atom. The van der Waals surface area contributed by atoms with E-state index in [0.29, 0.717) is 0 Å². The SMILES string of the molecule is c1ccc2c(c1)B1c3ccc(-c4ccccc4-n4c5ccccc5c5ccccc54)cc3Oc3cccc(c31)-c1ccccc1-2. The third kappa shape index (κ3) is 3.47. The van der Waals surface area contributed by atoms with Crippen molar-refractivity contribution in [1.82, 2.24) is 4.57 Å². The number of aromatic nitrogens is 1. The van der Waals surface area contributed by atoms with Crippen LogP contribution in [0.3, 0.4) is 0 Å². The zero-order valence-electron chi connectivity index (χ0n) is 24.4. The lowest BCUT2D eigenvalue weighted by Crippen LogP contribution is -2.55. The average molecular weight is 571 g/mol. The molecule has 0 unspecified atom stereocenters. The molecular weight excluding hydrogens is 545 g/mol. The van der Waals surface area contributed by atoms with Gasteiger partial charge in [-0.2, -0.15) is 0 Å². The molecule has 45 heavy (non-hydrogen) atoms. The van der Waals surface area contributed by atoms with E-state index in [-0.39, 0.29) is 6.71 Å². The molecular formula is C42H26BNO. The van der Waals surface area contributed by atoms with Crippen LogP contribution < -0.4 is 21.1 Å². The second-order valence-electron chi connectivity index (χ2n) is 12.0. The molecule has 0 fully saturated rings. The molecule has 0 spiro atoms. The van der Waals surface area contributed by atoms with Crippen LogP contribution in [-0.2, 0) is 0 Å². The second-order valence-corrected chi connectivity index (χ2v) is 12.0. The van der Waals surface area contributed by atoms with Crippen molar-refractivity contribution < 1.29 is 4.74 Å². The lowest BCUT2D eigenvalue weighted by Gasteiger charge is -2.28. The molecule has 1 aromatic heterocycles. The Morgan fingerprint density at radius 2 is 1.02 bits per heavy atom. The van der Waals surface area contributed by atoms with E-state index in [0.717, 1.165) is 22.7 Å². The van der Waals surface area contributed by atoms with Crippen molar-refractivity contribution >= 4 is 44.9 Å². The molecule has 0 saturated carbocycles. The van der Waals surface area contributed by atoms with Gasteiger partial charge in [0.25, 0.3) is 6.71 Å². The summed E-state index contributed by atoms with van der Waals surface area (Å²) in [6.07, 6.45) is 0. The fourth-order valence-electron chi connectivity index (χ4n) is 7.83. The van der Waals surface area contributed by atoms with Crippen molar-refractivity contribution in [2.75, 3.05) is 0 Å². The van der Waals surface area contributed by atoms with Gasteiger partial charge in [-0.1, -0.05) is 133 Å². The molecule has 7 aromatic carbocycles. The Labute approximate surface area is 261 Å². The maximum Gasteiger partial charge on any atom is 0.252 e. The summed E-state index contributed by atoms with van der Waals surface area (Å²) in [6.45, 7) is 0.0742. The van der Waals surface area contributed by atoms with E-state index in [4.69, 9.17) is 4.74 Å². The molecule has 0 amide bonds. The maximum atomic E-state index is 6.84. The van der Waals surface area contributed by atoms with E-state index in [1.54, 1.807) is 0 Å². The zero-order valence-corrected chi connectivity index (χ0v) is 24.4. The number of ether oxygens (including phenoxy) is 1. The van der Waals surface area contributed by atoms with Crippen molar-refractivity contribution in [3.05, 3.63) is 158 Å². The number of para-hydroxylation sites is 3. The summed E-state index contributed by atoms with van der Waals surface area (Å²) in [5, 5.41) is 2.52. The van der Waals surface area contributed by atoms with E-state index in [9.17, 15) is 0 Å². The molecule has 0 N–H and O–H groups in total. The van der Waals surface area contributed by atoms with Crippen molar-refractivity contribution in [3.63, 3.8) is 0 Å². The normalized spacial score (nSPS) is 12.6. The van der Waals surface area contributed by atoms with Gasteiger partial charge in [0.2, 0.25) is 0 Å². The Morgan fingerprint density at radius 3 is 1.80 bits per heavy atom. The predicted molar refractivity (Wildman–Crippen MR) is 188 cm³/mol. The molecule has 3 heteroatoms. The second kappa shape index (κ2) is 9.35. The van der Waals surface area contributed by atoms with Gasteiger partial charge in [0.15, 0.2) is 0 Å². The predicted octanol–water partition coefficient (Wildman–Crippen LogP) is 8.72. The topological polar surface area (TPSA) is 14.2 Å². The molecule has 0 aliphatic carbocycles. The summed E-state index contributed by atoms with van der Waals surface area (Å²) >= 11 is 0. The maximum absolute atomic E-state index is 6.84. The number of benzene rings is 7. The van der Waals surface area contributed by atoms with E-state index >= 15 is 0 Å². The third-order valence-electron chi connectivity index (χ3n) is 9.71. The van der Waals surface area contributed by atoms with Crippen molar-refractivity contribution in [3.8, 4) is 50.6 Å². The minimum atomic E-state index is 0.0742. The highest BCUT2D eigenvalue weighted by Crippen LogP contribution is 2.40. The van der Waals surface area contributed by atoms with E-state index < -0.39 is 0 Å². The van der Waals surface area contributed by atoms with Crippen molar-refractivity contribution in [2.24, 2.45) is 0 Å². The van der Waals surface area contributed by atoms with Crippen LogP contribution in [0.25, 0.3) is 60.9 Å². The first-order valence-corrected chi connectivity index (χ1v) is 15.6. The monoisotopic (exact) mass is 571 g/mol. The smallest absolute Gasteiger partial charge is 0.252 e. The van der Waals surface area contributed by atoms with E-state index in [1.807, 2.05) is 0 Å². The fraction of sp³-hybridized carbons (Fsp3) is 0. The van der Waals surface area contributed by atoms with Gasteiger partial charge in [-0.3, -0.25) is 0 Å². The van der Waals surface area contributed by atoms with Crippen LogP contribution in [0.1, 0.15) is 0 Å². The summed E-state index contributed by atoms with van der Waals surface area (Å²) in [7, 11) is 0. The first-order valence-electron chi connectivity index (χ1n) is 15.6. The van der Waals surface area contributed by atoms with Crippen molar-refractivity contribution in [1.29, 1.82) is 0 Å².